The van der Waals surface area contributed by atoms with Gasteiger partial charge in [0.05, 0.1) is 12.0 Å². The lowest BCUT2D eigenvalue weighted by molar-refractivity contribution is -0.140. The summed E-state index contributed by atoms with van der Waals surface area (Å²) in [5.74, 6) is 0.498. The Morgan fingerprint density at radius 2 is 1.88 bits per heavy atom. The molecule has 0 spiro atoms. The Labute approximate surface area is 150 Å². The van der Waals surface area contributed by atoms with Crippen molar-refractivity contribution in [3.8, 4) is 0 Å². The van der Waals surface area contributed by atoms with Gasteiger partial charge in [0.2, 0.25) is 11.8 Å². The van der Waals surface area contributed by atoms with Crippen LogP contribution in [-0.2, 0) is 9.59 Å². The molecule has 0 radical (unpaired) electrons. The van der Waals surface area contributed by atoms with E-state index in [0.717, 1.165) is 26.2 Å². The van der Waals surface area contributed by atoms with Crippen molar-refractivity contribution in [3.63, 3.8) is 0 Å². The highest BCUT2D eigenvalue weighted by Crippen LogP contribution is 2.29. The fraction of sp³-hybridized carbons (Fsp3) is 0.600. The van der Waals surface area contributed by atoms with Crippen LogP contribution >= 0.6 is 0 Å². The lowest BCUT2D eigenvalue weighted by Crippen LogP contribution is -2.51. The minimum Gasteiger partial charge on any atom is -0.342 e. The molecular formula is C20H29N3O2. The van der Waals surface area contributed by atoms with E-state index in [4.69, 9.17) is 0 Å². The first-order valence-electron chi connectivity index (χ1n) is 9.27. The highest BCUT2D eigenvalue weighted by Gasteiger charge is 2.40. The zero-order valence-electron chi connectivity index (χ0n) is 15.5. The van der Waals surface area contributed by atoms with Gasteiger partial charge in [-0.05, 0) is 18.5 Å². The van der Waals surface area contributed by atoms with Crippen LogP contribution in [0.4, 0.5) is 0 Å². The van der Waals surface area contributed by atoms with E-state index in [-0.39, 0.29) is 23.8 Å². The summed E-state index contributed by atoms with van der Waals surface area (Å²) in [7, 11) is 2.10. The summed E-state index contributed by atoms with van der Waals surface area (Å²) < 4.78 is 0. The molecule has 0 unspecified atom stereocenters. The molecule has 25 heavy (non-hydrogen) atoms. The van der Waals surface area contributed by atoms with Crippen molar-refractivity contribution < 1.29 is 9.59 Å². The molecule has 1 aromatic carbocycles. The molecule has 3 rings (SSSR count). The van der Waals surface area contributed by atoms with E-state index in [0.29, 0.717) is 18.9 Å². The van der Waals surface area contributed by atoms with Crippen LogP contribution in [0.25, 0.3) is 0 Å². The number of hydrogen-bond acceptors (Lipinski definition) is 3. The summed E-state index contributed by atoms with van der Waals surface area (Å²) in [6.07, 6.45) is 0.361. The molecule has 2 amide bonds. The predicted octanol–water partition coefficient (Wildman–Crippen LogP) is 2.01. The number of rotatable bonds is 4. The van der Waals surface area contributed by atoms with Gasteiger partial charge in [-0.25, -0.2) is 0 Å². The summed E-state index contributed by atoms with van der Waals surface area (Å²) >= 11 is 0. The molecule has 0 saturated carbocycles. The van der Waals surface area contributed by atoms with Crippen molar-refractivity contribution in [2.24, 2.45) is 11.8 Å². The lowest BCUT2D eigenvalue weighted by atomic mass is 9.99. The van der Waals surface area contributed by atoms with Gasteiger partial charge < -0.3 is 14.7 Å². The maximum absolute atomic E-state index is 13.2. The van der Waals surface area contributed by atoms with Gasteiger partial charge in [0, 0.05) is 39.1 Å². The van der Waals surface area contributed by atoms with Gasteiger partial charge in [-0.3, -0.25) is 9.59 Å². The molecule has 5 heteroatoms. The van der Waals surface area contributed by atoms with Crippen molar-refractivity contribution in [1.29, 1.82) is 0 Å². The van der Waals surface area contributed by atoms with Crippen LogP contribution in [0.1, 0.15) is 31.9 Å². The van der Waals surface area contributed by atoms with E-state index in [1.807, 2.05) is 28.0 Å². The molecule has 2 fully saturated rings. The molecule has 136 valence electrons. The van der Waals surface area contributed by atoms with Crippen LogP contribution in [-0.4, -0.2) is 66.3 Å². The van der Waals surface area contributed by atoms with Crippen LogP contribution in [0.3, 0.4) is 0 Å². The molecule has 0 aliphatic carbocycles. The number of benzene rings is 1. The van der Waals surface area contributed by atoms with E-state index in [1.54, 1.807) is 0 Å². The van der Waals surface area contributed by atoms with Crippen molar-refractivity contribution in [3.05, 3.63) is 35.9 Å². The second-order valence-electron chi connectivity index (χ2n) is 7.81. The minimum atomic E-state index is -0.194. The van der Waals surface area contributed by atoms with E-state index in [9.17, 15) is 9.59 Å². The van der Waals surface area contributed by atoms with E-state index in [1.165, 1.54) is 5.56 Å². The molecule has 5 nitrogen and oxygen atoms in total. The van der Waals surface area contributed by atoms with Crippen molar-refractivity contribution >= 4 is 11.8 Å². The summed E-state index contributed by atoms with van der Waals surface area (Å²) in [5, 5.41) is 0. The van der Waals surface area contributed by atoms with Gasteiger partial charge >= 0.3 is 0 Å². The molecule has 2 aliphatic heterocycles. The Morgan fingerprint density at radius 3 is 2.56 bits per heavy atom. The molecular weight excluding hydrogens is 314 g/mol. The number of nitrogens with zero attached hydrogens (tertiary/aromatic N) is 3. The largest absolute Gasteiger partial charge is 0.342 e. The highest BCUT2D eigenvalue weighted by atomic mass is 16.2. The predicted molar refractivity (Wildman–Crippen MR) is 97.9 cm³/mol. The summed E-state index contributed by atoms with van der Waals surface area (Å²) in [5.41, 5.74) is 1.17. The molecule has 0 bridgehead atoms. The van der Waals surface area contributed by atoms with Gasteiger partial charge in [0.15, 0.2) is 0 Å². The molecule has 2 atom stereocenters. The lowest BCUT2D eigenvalue weighted by Gasteiger charge is -2.41. The third-order valence-electron chi connectivity index (χ3n) is 5.20. The number of carbonyl (C=O) groups is 2. The first-order chi connectivity index (χ1) is 12.0. The minimum absolute atomic E-state index is 0.0710. The van der Waals surface area contributed by atoms with Gasteiger partial charge in [0.1, 0.15) is 0 Å². The van der Waals surface area contributed by atoms with Gasteiger partial charge in [0.25, 0.3) is 0 Å². The fourth-order valence-electron chi connectivity index (χ4n) is 3.93. The number of likely N-dealkylation sites (N-methyl/N-ethyl adjacent to an activating group) is 1. The maximum atomic E-state index is 13.2. The monoisotopic (exact) mass is 343 g/mol. The smallest absolute Gasteiger partial charge is 0.228 e. The quantitative estimate of drug-likeness (QED) is 0.840. The normalized spacial score (nSPS) is 25.0. The Bertz CT molecular complexity index is 617. The van der Waals surface area contributed by atoms with E-state index >= 15 is 0 Å². The maximum Gasteiger partial charge on any atom is 0.228 e. The van der Waals surface area contributed by atoms with Gasteiger partial charge in [-0.15, -0.1) is 0 Å². The first-order valence-corrected chi connectivity index (χ1v) is 9.27. The number of amides is 2. The third-order valence-corrected chi connectivity index (χ3v) is 5.20. The van der Waals surface area contributed by atoms with Gasteiger partial charge in [-0.2, -0.15) is 0 Å². The molecule has 2 heterocycles. The van der Waals surface area contributed by atoms with Crippen LogP contribution in [0.15, 0.2) is 30.3 Å². The Balaban J connectivity index is 1.74. The summed E-state index contributed by atoms with van der Waals surface area (Å²) in [4.78, 5) is 31.6. The highest BCUT2D eigenvalue weighted by molar-refractivity contribution is 5.89. The topological polar surface area (TPSA) is 43.9 Å². The zero-order chi connectivity index (χ0) is 18.0. The molecule has 0 aromatic heterocycles. The number of hydrogen-bond donors (Lipinski definition) is 0. The van der Waals surface area contributed by atoms with Crippen LogP contribution in [0.2, 0.25) is 0 Å². The fourth-order valence-corrected chi connectivity index (χ4v) is 3.93. The second kappa shape index (κ2) is 7.56. The van der Waals surface area contributed by atoms with Crippen molar-refractivity contribution in [1.82, 2.24) is 14.7 Å². The number of likely N-dealkylation sites (tertiary alicyclic amines) is 1. The zero-order valence-corrected chi connectivity index (χ0v) is 15.5. The molecule has 2 saturated heterocycles. The Kier molecular flexibility index (Phi) is 5.42. The third kappa shape index (κ3) is 4.03. The standard InChI is InChI=1S/C20H29N3O2/c1-15(2)12-22-13-17(11-19(22)24)20(25)23-10-9-21(3)14-18(23)16-7-5-4-6-8-16/h4-8,15,17-18H,9-14H2,1-3H3/t17-,18+/m1/s1. The van der Waals surface area contributed by atoms with E-state index < -0.39 is 0 Å². The Morgan fingerprint density at radius 1 is 1.16 bits per heavy atom. The SMILES string of the molecule is CC(C)CN1C[C@H](C(=O)N2CCN(C)C[C@H]2c2ccccc2)CC1=O. The van der Waals surface area contributed by atoms with Crippen LogP contribution < -0.4 is 0 Å². The van der Waals surface area contributed by atoms with Crippen molar-refractivity contribution in [2.75, 3.05) is 39.8 Å². The first kappa shape index (κ1) is 17.9. The molecule has 2 aliphatic rings. The summed E-state index contributed by atoms with van der Waals surface area (Å²) in [6, 6.07) is 10.3. The van der Waals surface area contributed by atoms with Crippen molar-refractivity contribution in [2.45, 2.75) is 26.3 Å². The Hall–Kier alpha value is -1.88. The van der Waals surface area contributed by atoms with Crippen LogP contribution in [0.5, 0.6) is 0 Å². The molecule has 0 N–H and O–H groups in total. The average Bonchev–Trinajstić information content (AvgIpc) is 2.95. The van der Waals surface area contributed by atoms with Crippen LogP contribution in [0, 0.1) is 11.8 Å². The van der Waals surface area contributed by atoms with Gasteiger partial charge in [-0.1, -0.05) is 44.2 Å². The summed E-state index contributed by atoms with van der Waals surface area (Å²) in [6.45, 7) is 7.97. The number of carbonyl (C=O) groups excluding carboxylic acids is 2. The molecule has 1 aromatic rings. The van der Waals surface area contributed by atoms with E-state index in [2.05, 4.69) is 37.9 Å². The second-order valence-corrected chi connectivity index (χ2v) is 7.81. The average molecular weight is 343 g/mol. The number of piperazine rings is 1.